The molecule has 5 heteroatoms. The topological polar surface area (TPSA) is 55.1 Å². The first-order valence-corrected chi connectivity index (χ1v) is 6.76. The Bertz CT molecular complexity index is 664. The van der Waals surface area contributed by atoms with Crippen molar-refractivity contribution in [3.63, 3.8) is 0 Å². The predicted octanol–water partition coefficient (Wildman–Crippen LogP) is 4.44. The van der Waals surface area contributed by atoms with Gasteiger partial charge in [0.05, 0.1) is 0 Å². The summed E-state index contributed by atoms with van der Waals surface area (Å²) in [7, 11) is 0. The summed E-state index contributed by atoms with van der Waals surface area (Å²) in [5.41, 5.74) is 9.33. The first-order valence-electron chi connectivity index (χ1n) is 6.01. The summed E-state index contributed by atoms with van der Waals surface area (Å²) in [5.74, 6) is -0.243. The van der Waals surface area contributed by atoms with E-state index in [4.69, 9.17) is 28.9 Å². The molecule has 104 valence electrons. The van der Waals surface area contributed by atoms with Crippen LogP contribution in [-0.4, -0.2) is 5.91 Å². The average molecular weight is 309 g/mol. The van der Waals surface area contributed by atoms with E-state index >= 15 is 0 Å². The Labute approximate surface area is 127 Å². The van der Waals surface area contributed by atoms with Gasteiger partial charge in [-0.05, 0) is 49.2 Å². The van der Waals surface area contributed by atoms with Gasteiger partial charge in [0, 0.05) is 27.0 Å². The summed E-state index contributed by atoms with van der Waals surface area (Å²) in [6.07, 6.45) is 0. The Balaban J connectivity index is 2.30. The fourth-order valence-electron chi connectivity index (χ4n) is 1.94. The summed E-state index contributed by atoms with van der Waals surface area (Å²) in [5, 5.41) is 3.70. The van der Waals surface area contributed by atoms with Crippen LogP contribution in [0.15, 0.2) is 30.3 Å². The predicted molar refractivity (Wildman–Crippen MR) is 84.7 cm³/mol. The number of hydrogen-bond donors (Lipinski definition) is 2. The number of nitrogens with one attached hydrogen (secondary N) is 1. The number of aryl methyl sites for hydroxylation is 2. The lowest BCUT2D eigenvalue weighted by Gasteiger charge is -2.11. The number of benzene rings is 2. The van der Waals surface area contributed by atoms with E-state index < -0.39 is 0 Å². The summed E-state index contributed by atoms with van der Waals surface area (Å²) >= 11 is 11.8. The third-order valence-corrected chi connectivity index (χ3v) is 3.41. The number of nitrogen functional groups attached to an aromatic ring is 1. The summed E-state index contributed by atoms with van der Waals surface area (Å²) < 4.78 is 0. The molecule has 20 heavy (non-hydrogen) atoms. The second-order valence-corrected chi connectivity index (χ2v) is 5.51. The van der Waals surface area contributed by atoms with Gasteiger partial charge in [-0.15, -0.1) is 0 Å². The molecule has 0 unspecified atom stereocenters. The zero-order valence-electron chi connectivity index (χ0n) is 11.1. The van der Waals surface area contributed by atoms with E-state index in [1.54, 1.807) is 24.3 Å². The zero-order chi connectivity index (χ0) is 14.9. The molecule has 3 nitrogen and oxygen atoms in total. The van der Waals surface area contributed by atoms with Crippen LogP contribution in [0.1, 0.15) is 21.5 Å². The molecule has 0 heterocycles. The summed E-state index contributed by atoms with van der Waals surface area (Å²) in [4.78, 5) is 12.3. The van der Waals surface area contributed by atoms with E-state index in [0.717, 1.165) is 11.1 Å². The van der Waals surface area contributed by atoms with Gasteiger partial charge < -0.3 is 11.1 Å². The number of carbonyl (C=O) groups is 1. The molecule has 0 saturated carbocycles. The van der Waals surface area contributed by atoms with Crippen LogP contribution in [-0.2, 0) is 0 Å². The number of amides is 1. The Morgan fingerprint density at radius 3 is 2.20 bits per heavy atom. The number of carbonyl (C=O) groups excluding carboxylic acids is 1. The standard InChI is InChI=1S/C15H14Cl2N2O/c1-8-3-9(2)14(18)7-13(8)15(20)19-12-5-10(16)4-11(17)6-12/h3-7H,18H2,1-2H3,(H,19,20). The monoisotopic (exact) mass is 308 g/mol. The Hall–Kier alpha value is -1.71. The molecule has 2 rings (SSSR count). The van der Waals surface area contributed by atoms with Crippen molar-refractivity contribution in [3.8, 4) is 0 Å². The second kappa shape index (κ2) is 5.73. The van der Waals surface area contributed by atoms with Crippen LogP contribution in [0, 0.1) is 13.8 Å². The third-order valence-electron chi connectivity index (χ3n) is 2.98. The molecule has 2 aromatic rings. The van der Waals surface area contributed by atoms with Crippen LogP contribution in [0.3, 0.4) is 0 Å². The van der Waals surface area contributed by atoms with Crippen molar-refractivity contribution in [3.05, 3.63) is 57.1 Å². The van der Waals surface area contributed by atoms with Gasteiger partial charge in [0.25, 0.3) is 5.91 Å². The molecule has 0 aliphatic heterocycles. The maximum Gasteiger partial charge on any atom is 0.256 e. The van der Waals surface area contributed by atoms with Gasteiger partial charge in [0.15, 0.2) is 0 Å². The molecular formula is C15H14Cl2N2O. The number of nitrogens with two attached hydrogens (primary N) is 1. The van der Waals surface area contributed by atoms with Crippen LogP contribution in [0.25, 0.3) is 0 Å². The molecule has 3 N–H and O–H groups in total. The molecule has 0 bridgehead atoms. The van der Waals surface area contributed by atoms with E-state index in [0.29, 0.717) is 27.0 Å². The molecule has 0 saturated heterocycles. The smallest absolute Gasteiger partial charge is 0.256 e. The lowest BCUT2D eigenvalue weighted by molar-refractivity contribution is 0.102. The minimum absolute atomic E-state index is 0.243. The Kier molecular flexibility index (Phi) is 4.21. The highest BCUT2D eigenvalue weighted by Crippen LogP contribution is 2.24. The quantitative estimate of drug-likeness (QED) is 0.806. The van der Waals surface area contributed by atoms with E-state index in [-0.39, 0.29) is 5.91 Å². The molecule has 0 fully saturated rings. The molecule has 0 spiro atoms. The minimum Gasteiger partial charge on any atom is -0.398 e. The average Bonchev–Trinajstić information content (AvgIpc) is 2.32. The molecule has 0 aliphatic carbocycles. The third kappa shape index (κ3) is 3.24. The van der Waals surface area contributed by atoms with Crippen molar-refractivity contribution in [2.45, 2.75) is 13.8 Å². The van der Waals surface area contributed by atoms with Crippen molar-refractivity contribution in [1.82, 2.24) is 0 Å². The molecule has 2 aromatic carbocycles. The number of rotatable bonds is 2. The van der Waals surface area contributed by atoms with E-state index in [9.17, 15) is 4.79 Å². The highest BCUT2D eigenvalue weighted by atomic mass is 35.5. The van der Waals surface area contributed by atoms with Gasteiger partial charge in [-0.2, -0.15) is 0 Å². The van der Waals surface area contributed by atoms with Gasteiger partial charge in [0.1, 0.15) is 0 Å². The highest BCUT2D eigenvalue weighted by molar-refractivity contribution is 6.35. The van der Waals surface area contributed by atoms with E-state index in [1.807, 2.05) is 19.9 Å². The van der Waals surface area contributed by atoms with Crippen molar-refractivity contribution < 1.29 is 4.79 Å². The fraction of sp³-hybridized carbons (Fsp3) is 0.133. The highest BCUT2D eigenvalue weighted by Gasteiger charge is 2.12. The summed E-state index contributed by atoms with van der Waals surface area (Å²) in [6.45, 7) is 3.77. The molecule has 0 atom stereocenters. The van der Waals surface area contributed by atoms with Crippen LogP contribution in [0.2, 0.25) is 10.0 Å². The van der Waals surface area contributed by atoms with E-state index in [2.05, 4.69) is 5.32 Å². The van der Waals surface area contributed by atoms with Gasteiger partial charge in [-0.1, -0.05) is 29.3 Å². The maximum absolute atomic E-state index is 12.3. The van der Waals surface area contributed by atoms with Crippen LogP contribution >= 0.6 is 23.2 Å². The van der Waals surface area contributed by atoms with Crippen LogP contribution < -0.4 is 11.1 Å². The Morgan fingerprint density at radius 1 is 1.00 bits per heavy atom. The number of halogens is 2. The van der Waals surface area contributed by atoms with Gasteiger partial charge >= 0.3 is 0 Å². The van der Waals surface area contributed by atoms with Gasteiger partial charge in [-0.25, -0.2) is 0 Å². The maximum atomic E-state index is 12.3. The second-order valence-electron chi connectivity index (χ2n) is 4.64. The van der Waals surface area contributed by atoms with Crippen molar-refractivity contribution in [2.24, 2.45) is 0 Å². The fourth-order valence-corrected chi connectivity index (χ4v) is 2.46. The minimum atomic E-state index is -0.243. The van der Waals surface area contributed by atoms with Crippen molar-refractivity contribution in [1.29, 1.82) is 0 Å². The lowest BCUT2D eigenvalue weighted by atomic mass is 10.0. The number of anilines is 2. The number of hydrogen-bond acceptors (Lipinski definition) is 2. The lowest BCUT2D eigenvalue weighted by Crippen LogP contribution is -2.14. The Morgan fingerprint density at radius 2 is 1.60 bits per heavy atom. The zero-order valence-corrected chi connectivity index (χ0v) is 12.6. The van der Waals surface area contributed by atoms with E-state index in [1.165, 1.54) is 0 Å². The van der Waals surface area contributed by atoms with Crippen LogP contribution in [0.4, 0.5) is 11.4 Å². The first kappa shape index (κ1) is 14.7. The molecule has 1 amide bonds. The molecular weight excluding hydrogens is 295 g/mol. The largest absolute Gasteiger partial charge is 0.398 e. The SMILES string of the molecule is Cc1cc(C)c(C(=O)Nc2cc(Cl)cc(Cl)c2)cc1N. The summed E-state index contributed by atoms with van der Waals surface area (Å²) in [6, 6.07) is 8.44. The first-order chi connectivity index (χ1) is 9.36. The van der Waals surface area contributed by atoms with Crippen molar-refractivity contribution in [2.75, 3.05) is 11.1 Å². The van der Waals surface area contributed by atoms with Gasteiger partial charge in [0.2, 0.25) is 0 Å². The van der Waals surface area contributed by atoms with Gasteiger partial charge in [-0.3, -0.25) is 4.79 Å². The molecule has 0 aromatic heterocycles. The van der Waals surface area contributed by atoms with Crippen LogP contribution in [0.5, 0.6) is 0 Å². The van der Waals surface area contributed by atoms with Crippen molar-refractivity contribution >= 4 is 40.5 Å². The normalized spacial score (nSPS) is 10.4. The molecule has 0 radical (unpaired) electrons. The molecule has 0 aliphatic rings.